The lowest BCUT2D eigenvalue weighted by Gasteiger charge is -2.17. The predicted octanol–water partition coefficient (Wildman–Crippen LogP) is 5.52. The number of carbonyl (C=O) groups excluding carboxylic acids is 1. The number of hydrogen-bond acceptors (Lipinski definition) is 3. The van der Waals surface area contributed by atoms with E-state index in [2.05, 4.69) is 10.5 Å². The summed E-state index contributed by atoms with van der Waals surface area (Å²) in [5, 5.41) is -0.403. The Morgan fingerprint density at radius 1 is 1.11 bits per heavy atom. The van der Waals surface area contributed by atoms with Crippen molar-refractivity contribution in [3.63, 3.8) is 0 Å². The first-order valence-electron chi connectivity index (χ1n) is 8.11. The van der Waals surface area contributed by atoms with E-state index in [4.69, 9.17) is 16.4 Å². The molecule has 0 radical (unpaired) electrons. The molecule has 3 rings (SSSR count). The van der Waals surface area contributed by atoms with E-state index in [0.717, 1.165) is 6.07 Å². The first-order valence-corrected chi connectivity index (χ1v) is 8.49. The molecule has 0 spiro atoms. The minimum Gasteiger partial charge on any atom is -0.379 e. The summed E-state index contributed by atoms with van der Waals surface area (Å²) in [6, 6.07) is 12.0. The fraction of sp³-hybridized carbons (Fsp3) is 0.100. The Bertz CT molecular complexity index is 1010. The molecule has 3 aromatic rings. The van der Waals surface area contributed by atoms with E-state index in [9.17, 15) is 18.0 Å². The first-order chi connectivity index (χ1) is 13.3. The number of aromatic nitrogens is 1. The second-order valence-corrected chi connectivity index (χ2v) is 6.28. The van der Waals surface area contributed by atoms with Gasteiger partial charge in [-0.1, -0.05) is 35.9 Å². The zero-order valence-electron chi connectivity index (χ0n) is 14.5. The van der Waals surface area contributed by atoms with Crippen molar-refractivity contribution in [1.29, 1.82) is 0 Å². The molecule has 0 aliphatic heterocycles. The number of hydrogen-bond donors (Lipinski definition) is 1. The molecular weight excluding hydrogens is 393 g/mol. The molecule has 2 aromatic carbocycles. The Kier molecular flexibility index (Phi) is 5.56. The maximum Gasteiger partial charge on any atom is 0.417 e. The molecule has 0 bridgehead atoms. The monoisotopic (exact) mass is 406 g/mol. The summed E-state index contributed by atoms with van der Waals surface area (Å²) in [7, 11) is 0. The maximum absolute atomic E-state index is 13.3. The van der Waals surface area contributed by atoms with Crippen LogP contribution in [0, 0.1) is 0 Å². The van der Waals surface area contributed by atoms with Gasteiger partial charge in [-0.3, -0.25) is 9.78 Å². The second-order valence-electron chi connectivity index (χ2n) is 5.87. The zero-order chi connectivity index (χ0) is 20.3. The van der Waals surface area contributed by atoms with Crippen LogP contribution >= 0.6 is 11.6 Å². The Morgan fingerprint density at radius 3 is 2.54 bits per heavy atom. The quantitative estimate of drug-likeness (QED) is 0.580. The first kappa shape index (κ1) is 19.7. The lowest BCUT2D eigenvalue weighted by atomic mass is 9.93. The van der Waals surface area contributed by atoms with Crippen LogP contribution in [0.2, 0.25) is 5.02 Å². The number of alkyl halides is 3. The highest BCUT2D eigenvalue weighted by molar-refractivity contribution is 6.31. The van der Waals surface area contributed by atoms with Gasteiger partial charge >= 0.3 is 6.18 Å². The Balaban J connectivity index is 2.24. The molecule has 4 nitrogen and oxygen atoms in total. The summed E-state index contributed by atoms with van der Waals surface area (Å²) in [6.07, 6.45) is -1.44. The number of pyridine rings is 1. The highest BCUT2D eigenvalue weighted by Crippen LogP contribution is 2.42. The molecule has 1 aromatic heterocycles. The molecule has 0 atom stereocenters. The number of amides is 1. The summed E-state index contributed by atoms with van der Waals surface area (Å²) in [6.45, 7) is 1.26. The van der Waals surface area contributed by atoms with Crippen molar-refractivity contribution in [2.45, 2.75) is 13.1 Å². The molecule has 28 heavy (non-hydrogen) atoms. The molecule has 0 fully saturated rings. The maximum atomic E-state index is 13.3. The molecule has 0 saturated carbocycles. The fourth-order valence-corrected chi connectivity index (χ4v) is 2.93. The number of halogens is 4. The van der Waals surface area contributed by atoms with Crippen LogP contribution in [0.4, 0.5) is 13.2 Å². The van der Waals surface area contributed by atoms with Gasteiger partial charge in [0.25, 0.3) is 0 Å². The molecule has 1 N–H and O–H groups in total. The normalized spacial score (nSPS) is 11.2. The summed E-state index contributed by atoms with van der Waals surface area (Å²) in [4.78, 5) is 20.6. The van der Waals surface area contributed by atoms with Crippen LogP contribution in [-0.2, 0) is 11.0 Å². The van der Waals surface area contributed by atoms with Gasteiger partial charge in [0.2, 0.25) is 5.91 Å². The van der Waals surface area contributed by atoms with Gasteiger partial charge in [0.15, 0.2) is 5.75 Å². The van der Waals surface area contributed by atoms with E-state index in [1.807, 2.05) is 0 Å². The number of nitrogens with one attached hydrogen (secondary N) is 1. The minimum absolute atomic E-state index is 0.187. The Hall–Kier alpha value is -3.06. The number of benzene rings is 2. The van der Waals surface area contributed by atoms with Crippen molar-refractivity contribution in [2.24, 2.45) is 0 Å². The topological polar surface area (TPSA) is 51.2 Å². The smallest absolute Gasteiger partial charge is 0.379 e. The summed E-state index contributed by atoms with van der Waals surface area (Å²) in [5.41, 5.74) is 3.11. The third kappa shape index (κ3) is 4.26. The van der Waals surface area contributed by atoms with Gasteiger partial charge in [-0.25, -0.2) is 0 Å². The predicted molar refractivity (Wildman–Crippen MR) is 99.6 cm³/mol. The van der Waals surface area contributed by atoms with Gasteiger partial charge in [0.05, 0.1) is 10.6 Å². The average Bonchev–Trinajstić information content (AvgIpc) is 2.66. The Morgan fingerprint density at radius 2 is 1.89 bits per heavy atom. The number of hydroxylamine groups is 1. The number of carbonyl (C=O) groups is 1. The highest BCUT2D eigenvalue weighted by atomic mass is 35.5. The van der Waals surface area contributed by atoms with E-state index >= 15 is 0 Å². The van der Waals surface area contributed by atoms with Crippen molar-refractivity contribution in [2.75, 3.05) is 0 Å². The molecule has 1 amide bonds. The van der Waals surface area contributed by atoms with Crippen LogP contribution in [0.15, 0.2) is 60.9 Å². The van der Waals surface area contributed by atoms with Crippen molar-refractivity contribution in [3.8, 4) is 28.0 Å². The van der Waals surface area contributed by atoms with Crippen molar-refractivity contribution >= 4 is 17.5 Å². The van der Waals surface area contributed by atoms with Crippen molar-refractivity contribution < 1.29 is 22.8 Å². The van der Waals surface area contributed by atoms with Crippen LogP contribution in [0.3, 0.4) is 0 Å². The number of rotatable bonds is 4. The van der Waals surface area contributed by atoms with Gasteiger partial charge in [-0.05, 0) is 35.4 Å². The number of nitrogens with zero attached hydrogens (tertiary/aromatic N) is 1. The molecule has 1 heterocycles. The van der Waals surface area contributed by atoms with Crippen LogP contribution < -0.4 is 10.3 Å². The zero-order valence-corrected chi connectivity index (χ0v) is 15.3. The summed E-state index contributed by atoms with van der Waals surface area (Å²) in [5.74, 6) is -0.267. The van der Waals surface area contributed by atoms with Crippen molar-refractivity contribution in [1.82, 2.24) is 10.5 Å². The summed E-state index contributed by atoms with van der Waals surface area (Å²) < 4.78 is 40.0. The molecule has 8 heteroatoms. The molecular formula is C20H14ClF3N2O2. The lowest BCUT2D eigenvalue weighted by Crippen LogP contribution is -2.24. The van der Waals surface area contributed by atoms with Crippen LogP contribution in [0.1, 0.15) is 12.5 Å². The van der Waals surface area contributed by atoms with Crippen LogP contribution in [0.5, 0.6) is 5.75 Å². The molecule has 0 unspecified atom stereocenters. The molecule has 0 saturated heterocycles. The lowest BCUT2D eigenvalue weighted by molar-refractivity contribution is -0.137. The Labute approximate surface area is 163 Å². The van der Waals surface area contributed by atoms with E-state index < -0.39 is 22.7 Å². The largest absolute Gasteiger partial charge is 0.417 e. The van der Waals surface area contributed by atoms with Gasteiger partial charge in [-0.2, -0.15) is 18.7 Å². The average molecular weight is 407 g/mol. The van der Waals surface area contributed by atoms with Crippen LogP contribution in [-0.4, -0.2) is 10.9 Å². The minimum atomic E-state index is -4.62. The molecule has 144 valence electrons. The van der Waals surface area contributed by atoms with Crippen molar-refractivity contribution in [3.05, 3.63) is 71.5 Å². The molecule has 0 aliphatic rings. The van der Waals surface area contributed by atoms with E-state index in [-0.39, 0.29) is 11.3 Å². The van der Waals surface area contributed by atoms with Crippen LogP contribution in [0.25, 0.3) is 22.3 Å². The summed E-state index contributed by atoms with van der Waals surface area (Å²) >= 11 is 5.75. The van der Waals surface area contributed by atoms with E-state index in [0.29, 0.717) is 16.7 Å². The molecule has 0 aliphatic carbocycles. The third-order valence-corrected chi connectivity index (χ3v) is 4.19. The standard InChI is InChI=1S/C20H14ClF3N2O2/c1-12(27)26-28-18-6-2-5-15(14-4-3-9-25-11-14)19(18)13-7-8-17(21)16(10-13)20(22,23)24/h2-11H,1H3,(H,26,27). The van der Waals surface area contributed by atoms with Gasteiger partial charge in [0, 0.05) is 30.4 Å². The van der Waals surface area contributed by atoms with E-state index in [1.54, 1.807) is 42.7 Å². The SMILES string of the molecule is CC(=O)NOc1cccc(-c2cccnc2)c1-c1ccc(Cl)c(C(F)(F)F)c1. The highest BCUT2D eigenvalue weighted by Gasteiger charge is 2.33. The van der Waals surface area contributed by atoms with Gasteiger partial charge in [-0.15, -0.1) is 0 Å². The third-order valence-electron chi connectivity index (χ3n) is 3.86. The van der Waals surface area contributed by atoms with Gasteiger partial charge < -0.3 is 4.84 Å². The second kappa shape index (κ2) is 7.90. The van der Waals surface area contributed by atoms with Gasteiger partial charge in [0.1, 0.15) is 0 Å². The fourth-order valence-electron chi connectivity index (χ4n) is 2.70. The van der Waals surface area contributed by atoms with E-state index in [1.165, 1.54) is 19.1 Å².